The summed E-state index contributed by atoms with van der Waals surface area (Å²) in [5, 5.41) is 9.42. The maximum Gasteiger partial charge on any atom is 0.230 e. The zero-order chi connectivity index (χ0) is 16.2. The first-order valence-electron chi connectivity index (χ1n) is 7.96. The van der Waals surface area contributed by atoms with Gasteiger partial charge in [0.15, 0.2) is 0 Å². The van der Waals surface area contributed by atoms with Crippen molar-refractivity contribution in [3.05, 3.63) is 41.4 Å². The van der Waals surface area contributed by atoms with Gasteiger partial charge in [-0.2, -0.15) is 0 Å². The zero-order valence-corrected chi connectivity index (χ0v) is 14.7. The van der Waals surface area contributed by atoms with E-state index in [1.807, 2.05) is 36.4 Å². The number of carbonyl (C=O) groups excluding carboxylic acids is 1. The lowest BCUT2D eigenvalue weighted by molar-refractivity contribution is -0.119. The summed E-state index contributed by atoms with van der Waals surface area (Å²) in [6, 6.07) is 12.7. The van der Waals surface area contributed by atoms with Gasteiger partial charge in [0, 0.05) is 27.4 Å². The first-order chi connectivity index (χ1) is 11.1. The van der Waals surface area contributed by atoms with Crippen LogP contribution in [0.4, 0.5) is 0 Å². The number of rotatable bonds is 4. The van der Waals surface area contributed by atoms with Crippen molar-refractivity contribution in [1.82, 2.24) is 10.6 Å². The molecule has 0 spiro atoms. The first kappa shape index (κ1) is 16.6. The smallest absolute Gasteiger partial charge is 0.230 e. The maximum atomic E-state index is 12.2. The summed E-state index contributed by atoms with van der Waals surface area (Å²) < 4.78 is 0. The fourth-order valence-electron chi connectivity index (χ4n) is 3.06. The van der Waals surface area contributed by atoms with Crippen LogP contribution in [0.1, 0.15) is 19.8 Å². The predicted molar refractivity (Wildman–Crippen MR) is 98.3 cm³/mol. The number of hydrogen-bond donors (Lipinski definition) is 2. The highest BCUT2D eigenvalue weighted by atomic mass is 35.5. The minimum atomic E-state index is 0.0955. The molecule has 0 radical (unpaired) electrons. The van der Waals surface area contributed by atoms with Gasteiger partial charge in [-0.05, 0) is 43.8 Å². The Morgan fingerprint density at radius 3 is 2.91 bits per heavy atom. The monoisotopic (exact) mass is 348 g/mol. The van der Waals surface area contributed by atoms with Gasteiger partial charge in [0.2, 0.25) is 5.91 Å². The van der Waals surface area contributed by atoms with Crippen LogP contribution in [-0.2, 0) is 4.79 Å². The van der Waals surface area contributed by atoms with Crippen molar-refractivity contribution in [2.75, 3.05) is 12.3 Å². The van der Waals surface area contributed by atoms with Crippen molar-refractivity contribution in [3.8, 4) is 0 Å². The second-order valence-corrected chi connectivity index (χ2v) is 7.45. The van der Waals surface area contributed by atoms with E-state index in [9.17, 15) is 4.79 Å². The fourth-order valence-corrected chi connectivity index (χ4v) is 4.31. The van der Waals surface area contributed by atoms with Crippen molar-refractivity contribution < 1.29 is 4.79 Å². The summed E-state index contributed by atoms with van der Waals surface area (Å²) in [6.07, 6.45) is 2.00. The van der Waals surface area contributed by atoms with E-state index in [-0.39, 0.29) is 11.9 Å². The van der Waals surface area contributed by atoms with E-state index >= 15 is 0 Å². The van der Waals surface area contributed by atoms with Gasteiger partial charge in [-0.25, -0.2) is 0 Å². The van der Waals surface area contributed by atoms with Gasteiger partial charge in [-0.3, -0.25) is 4.79 Å². The molecule has 0 aromatic heterocycles. The average Bonchev–Trinajstić information content (AvgIpc) is 2.53. The van der Waals surface area contributed by atoms with Crippen LogP contribution in [0.2, 0.25) is 5.02 Å². The molecule has 2 unspecified atom stereocenters. The summed E-state index contributed by atoms with van der Waals surface area (Å²) >= 11 is 7.88. The molecule has 3 nitrogen and oxygen atoms in total. The Bertz CT molecular complexity index is 701. The van der Waals surface area contributed by atoms with Gasteiger partial charge in [0.05, 0.1) is 5.75 Å². The Morgan fingerprint density at radius 2 is 2.13 bits per heavy atom. The molecule has 0 saturated carbocycles. The van der Waals surface area contributed by atoms with E-state index in [0.717, 1.165) is 40.1 Å². The van der Waals surface area contributed by atoms with E-state index in [0.29, 0.717) is 11.8 Å². The SMILES string of the molecule is CC1CC(NC(=O)CSc2cccc3cccc(Cl)c23)CCN1. The van der Waals surface area contributed by atoms with Gasteiger partial charge in [0.1, 0.15) is 0 Å². The number of piperidine rings is 1. The molecule has 0 bridgehead atoms. The molecule has 2 aromatic rings. The van der Waals surface area contributed by atoms with Gasteiger partial charge in [-0.15, -0.1) is 11.8 Å². The number of benzene rings is 2. The summed E-state index contributed by atoms with van der Waals surface area (Å²) in [6.45, 7) is 3.13. The number of nitrogens with one attached hydrogen (secondary N) is 2. The standard InChI is InChI=1S/C18H21ClN2OS/c1-12-10-14(8-9-20-12)21-17(22)11-23-16-7-3-5-13-4-2-6-15(19)18(13)16/h2-7,12,14,20H,8-11H2,1H3,(H,21,22). The molecule has 1 aliphatic rings. The second-order valence-electron chi connectivity index (χ2n) is 6.03. The second kappa shape index (κ2) is 7.56. The maximum absolute atomic E-state index is 12.2. The third-order valence-corrected chi connectivity index (χ3v) is 5.54. The summed E-state index contributed by atoms with van der Waals surface area (Å²) in [7, 11) is 0. The van der Waals surface area contributed by atoms with Crippen LogP contribution >= 0.6 is 23.4 Å². The normalized spacial score (nSPS) is 21.3. The van der Waals surface area contributed by atoms with E-state index in [2.05, 4.69) is 17.6 Å². The quantitative estimate of drug-likeness (QED) is 0.825. The molecule has 3 rings (SSSR count). The molecule has 1 amide bonds. The Morgan fingerprint density at radius 1 is 1.35 bits per heavy atom. The lowest BCUT2D eigenvalue weighted by Gasteiger charge is -2.28. The van der Waals surface area contributed by atoms with Gasteiger partial charge in [0.25, 0.3) is 0 Å². The molecule has 23 heavy (non-hydrogen) atoms. The van der Waals surface area contributed by atoms with Crippen LogP contribution in [0.25, 0.3) is 10.8 Å². The molecule has 2 N–H and O–H groups in total. The molecule has 2 atom stereocenters. The number of halogens is 1. The van der Waals surface area contributed by atoms with Crippen LogP contribution in [0, 0.1) is 0 Å². The largest absolute Gasteiger partial charge is 0.353 e. The van der Waals surface area contributed by atoms with Gasteiger partial charge in [-0.1, -0.05) is 35.9 Å². The number of thioether (sulfide) groups is 1. The minimum absolute atomic E-state index is 0.0955. The molecule has 122 valence electrons. The number of amides is 1. The number of carbonyl (C=O) groups is 1. The van der Waals surface area contributed by atoms with Crippen molar-refractivity contribution in [3.63, 3.8) is 0 Å². The van der Waals surface area contributed by atoms with Crippen LogP contribution in [0.5, 0.6) is 0 Å². The highest BCUT2D eigenvalue weighted by Gasteiger charge is 2.20. The lowest BCUT2D eigenvalue weighted by Crippen LogP contribution is -2.47. The van der Waals surface area contributed by atoms with Crippen molar-refractivity contribution >= 4 is 40.0 Å². The molecular weight excluding hydrogens is 328 g/mol. The third kappa shape index (κ3) is 4.19. The summed E-state index contributed by atoms with van der Waals surface area (Å²) in [5.41, 5.74) is 0. The van der Waals surface area contributed by atoms with Gasteiger partial charge >= 0.3 is 0 Å². The zero-order valence-electron chi connectivity index (χ0n) is 13.1. The topological polar surface area (TPSA) is 41.1 Å². The van der Waals surface area contributed by atoms with Gasteiger partial charge < -0.3 is 10.6 Å². The van der Waals surface area contributed by atoms with Crippen molar-refractivity contribution in [2.24, 2.45) is 0 Å². The molecule has 2 aromatic carbocycles. The molecule has 5 heteroatoms. The average molecular weight is 349 g/mol. The highest BCUT2D eigenvalue weighted by Crippen LogP contribution is 2.33. The first-order valence-corrected chi connectivity index (χ1v) is 9.32. The predicted octanol–water partition coefficient (Wildman–Crippen LogP) is 3.84. The molecular formula is C18H21ClN2OS. The van der Waals surface area contributed by atoms with E-state index in [4.69, 9.17) is 11.6 Å². The molecule has 1 heterocycles. The third-order valence-electron chi connectivity index (χ3n) is 4.16. The summed E-state index contributed by atoms with van der Waals surface area (Å²) in [5.74, 6) is 0.515. The molecule has 0 aliphatic carbocycles. The van der Waals surface area contributed by atoms with Crippen LogP contribution in [0.15, 0.2) is 41.3 Å². The van der Waals surface area contributed by atoms with E-state index < -0.39 is 0 Å². The number of fused-ring (bicyclic) bond motifs is 1. The highest BCUT2D eigenvalue weighted by molar-refractivity contribution is 8.00. The van der Waals surface area contributed by atoms with E-state index in [1.54, 1.807) is 11.8 Å². The van der Waals surface area contributed by atoms with Crippen LogP contribution in [0.3, 0.4) is 0 Å². The molecule has 1 aliphatic heterocycles. The fraction of sp³-hybridized carbons (Fsp3) is 0.389. The Labute approximate surface area is 146 Å². The molecule has 1 fully saturated rings. The lowest BCUT2D eigenvalue weighted by atomic mass is 10.0. The van der Waals surface area contributed by atoms with Crippen molar-refractivity contribution in [1.29, 1.82) is 0 Å². The Kier molecular flexibility index (Phi) is 5.46. The van der Waals surface area contributed by atoms with Crippen LogP contribution in [-0.4, -0.2) is 30.3 Å². The van der Waals surface area contributed by atoms with Crippen LogP contribution < -0.4 is 10.6 Å². The van der Waals surface area contributed by atoms with Crippen molar-refractivity contribution in [2.45, 2.75) is 36.7 Å². The Balaban J connectivity index is 1.63. The van der Waals surface area contributed by atoms with E-state index in [1.165, 1.54) is 0 Å². The Hall–Kier alpha value is -1.23. The minimum Gasteiger partial charge on any atom is -0.353 e. The number of hydrogen-bond acceptors (Lipinski definition) is 3. The summed E-state index contributed by atoms with van der Waals surface area (Å²) in [4.78, 5) is 13.3. The molecule has 1 saturated heterocycles.